The van der Waals surface area contributed by atoms with Gasteiger partial charge in [0.1, 0.15) is 12.4 Å². The van der Waals surface area contributed by atoms with Crippen molar-refractivity contribution in [3.05, 3.63) is 59.9 Å². The van der Waals surface area contributed by atoms with Crippen LogP contribution in [0.3, 0.4) is 0 Å². The number of carbonyl (C=O) groups is 2. The first-order valence-corrected chi connectivity index (χ1v) is 10.00. The van der Waals surface area contributed by atoms with Crippen molar-refractivity contribution in [2.75, 3.05) is 11.6 Å². The Balaban J connectivity index is 1.74. The summed E-state index contributed by atoms with van der Waals surface area (Å²) in [6, 6.07) is 15.1. The van der Waals surface area contributed by atoms with Crippen molar-refractivity contribution in [2.24, 2.45) is 0 Å². The van der Waals surface area contributed by atoms with Crippen LogP contribution in [-0.4, -0.2) is 32.8 Å². The number of nitrogens with zero attached hydrogens (tertiary/aromatic N) is 2. The summed E-state index contributed by atoms with van der Waals surface area (Å²) in [6.07, 6.45) is 2.51. The van der Waals surface area contributed by atoms with Crippen molar-refractivity contribution in [1.82, 2.24) is 9.55 Å². The summed E-state index contributed by atoms with van der Waals surface area (Å²) in [5.74, 6) is 0.620. The van der Waals surface area contributed by atoms with Gasteiger partial charge in [-0.3, -0.25) is 9.59 Å². The first-order chi connectivity index (χ1) is 13.1. The third kappa shape index (κ3) is 4.89. The molecule has 6 nitrogen and oxygen atoms in total. The number of benzene rings is 2. The van der Waals surface area contributed by atoms with Gasteiger partial charge in [0, 0.05) is 12.1 Å². The molecule has 0 aliphatic carbocycles. The molecule has 0 unspecified atom stereocenters. The van der Waals surface area contributed by atoms with Gasteiger partial charge in [0.25, 0.3) is 0 Å². The lowest BCUT2D eigenvalue weighted by Gasteiger charge is -2.10. The number of rotatable bonds is 8. The van der Waals surface area contributed by atoms with E-state index in [-0.39, 0.29) is 18.9 Å². The average molecular weight is 383 g/mol. The fourth-order valence-electron chi connectivity index (χ4n) is 2.94. The maximum atomic E-state index is 12.6. The van der Waals surface area contributed by atoms with Crippen LogP contribution in [0.1, 0.15) is 17.8 Å². The Hall–Kier alpha value is -2.80. The van der Waals surface area contributed by atoms with Crippen LogP contribution in [0.5, 0.6) is 0 Å². The monoisotopic (exact) mass is 383 g/mol. The molecule has 1 aromatic heterocycles. The normalized spacial score (nSPS) is 10.9. The van der Waals surface area contributed by atoms with Gasteiger partial charge in [-0.25, -0.2) is 4.98 Å². The molecule has 27 heavy (non-hydrogen) atoms. The number of carboxylic acid groups (broad SMARTS) is 1. The number of carboxylic acids is 1. The lowest BCUT2D eigenvalue weighted by molar-refractivity contribution is -0.137. The van der Waals surface area contributed by atoms with Crippen molar-refractivity contribution in [3.8, 4) is 0 Å². The zero-order chi connectivity index (χ0) is 19.2. The Bertz CT molecular complexity index is 968. The molecule has 0 saturated heterocycles. The molecule has 1 amide bonds. The van der Waals surface area contributed by atoms with E-state index in [0.717, 1.165) is 28.2 Å². The van der Waals surface area contributed by atoms with E-state index in [1.165, 1.54) is 0 Å². The molecule has 2 N–H and O–H groups in total. The quantitative estimate of drug-likeness (QED) is 0.621. The first kappa shape index (κ1) is 19.0. The van der Waals surface area contributed by atoms with Gasteiger partial charge in [-0.2, -0.15) is 11.8 Å². The van der Waals surface area contributed by atoms with Crippen molar-refractivity contribution >= 4 is 40.4 Å². The number of hydrogen-bond acceptors (Lipinski definition) is 4. The van der Waals surface area contributed by atoms with E-state index >= 15 is 0 Å². The summed E-state index contributed by atoms with van der Waals surface area (Å²) in [5, 5.41) is 11.7. The molecule has 7 heteroatoms. The van der Waals surface area contributed by atoms with E-state index < -0.39 is 5.97 Å². The summed E-state index contributed by atoms with van der Waals surface area (Å²) < 4.78 is 1.94. The fraction of sp³-hybridized carbons (Fsp3) is 0.250. The fourth-order valence-corrected chi connectivity index (χ4v) is 3.42. The molecule has 0 radical (unpaired) electrons. The van der Waals surface area contributed by atoms with E-state index in [0.29, 0.717) is 12.1 Å². The molecule has 0 bridgehead atoms. The minimum atomic E-state index is -0.835. The number of fused-ring (bicyclic) bond motifs is 1. The molecule has 2 aromatic carbocycles. The second-order valence-electron chi connectivity index (χ2n) is 6.18. The maximum absolute atomic E-state index is 12.6. The molecule has 3 aromatic rings. The van der Waals surface area contributed by atoms with Gasteiger partial charge < -0.3 is 15.0 Å². The summed E-state index contributed by atoms with van der Waals surface area (Å²) in [6.45, 7) is 0.176. The maximum Gasteiger partial charge on any atom is 0.303 e. The van der Waals surface area contributed by atoms with Crippen LogP contribution in [0.25, 0.3) is 11.0 Å². The molecular formula is C20H21N3O3S. The van der Waals surface area contributed by atoms with Gasteiger partial charge in [0.15, 0.2) is 0 Å². The third-order valence-corrected chi connectivity index (χ3v) is 4.69. The number of nitrogens with one attached hydrogen (secondary N) is 1. The number of aryl methyl sites for hydroxylation is 1. The minimum absolute atomic E-state index is 0.0659. The largest absolute Gasteiger partial charge is 0.481 e. The highest BCUT2D eigenvalue weighted by Gasteiger charge is 2.13. The van der Waals surface area contributed by atoms with Crippen LogP contribution in [0.15, 0.2) is 48.5 Å². The van der Waals surface area contributed by atoms with Gasteiger partial charge >= 0.3 is 5.97 Å². The Morgan fingerprint density at radius 3 is 2.78 bits per heavy atom. The molecule has 0 saturated carbocycles. The van der Waals surface area contributed by atoms with E-state index in [2.05, 4.69) is 10.3 Å². The van der Waals surface area contributed by atoms with E-state index in [1.54, 1.807) is 17.8 Å². The summed E-state index contributed by atoms with van der Waals surface area (Å²) >= 11 is 1.66. The molecular weight excluding hydrogens is 362 g/mol. The van der Waals surface area contributed by atoms with Gasteiger partial charge in [0.2, 0.25) is 5.91 Å². The summed E-state index contributed by atoms with van der Waals surface area (Å²) in [4.78, 5) is 27.9. The molecule has 0 spiro atoms. The van der Waals surface area contributed by atoms with Crippen LogP contribution in [0.2, 0.25) is 0 Å². The number of hydrogen-bond donors (Lipinski definition) is 2. The number of aromatic nitrogens is 2. The number of anilines is 1. The Morgan fingerprint density at radius 2 is 2.00 bits per heavy atom. The van der Waals surface area contributed by atoms with Crippen molar-refractivity contribution in [2.45, 2.75) is 25.1 Å². The van der Waals surface area contributed by atoms with Crippen LogP contribution in [-0.2, 0) is 28.3 Å². The van der Waals surface area contributed by atoms with Crippen LogP contribution < -0.4 is 5.32 Å². The lowest BCUT2D eigenvalue weighted by Crippen LogP contribution is -2.20. The highest BCUT2D eigenvalue weighted by molar-refractivity contribution is 7.97. The highest BCUT2D eigenvalue weighted by atomic mass is 32.2. The first-order valence-electron chi connectivity index (χ1n) is 8.60. The zero-order valence-electron chi connectivity index (χ0n) is 15.0. The Kier molecular flexibility index (Phi) is 6.13. The Morgan fingerprint density at radius 1 is 1.19 bits per heavy atom. The molecule has 0 aliphatic heterocycles. The summed E-state index contributed by atoms with van der Waals surface area (Å²) in [5.41, 5.74) is 3.36. The Labute approximate surface area is 161 Å². The number of aliphatic carboxylic acids is 1. The molecule has 140 valence electrons. The van der Waals surface area contributed by atoms with Crippen LogP contribution >= 0.6 is 11.8 Å². The van der Waals surface area contributed by atoms with Crippen molar-refractivity contribution in [1.29, 1.82) is 0 Å². The topological polar surface area (TPSA) is 84.2 Å². The van der Waals surface area contributed by atoms with Gasteiger partial charge in [-0.15, -0.1) is 0 Å². The average Bonchev–Trinajstić information content (AvgIpc) is 2.98. The molecule has 1 heterocycles. The smallest absolute Gasteiger partial charge is 0.303 e. The SMILES string of the molecule is CSCc1nc2ccccc2n1CC(=O)Nc1cccc(CCC(=O)O)c1. The highest BCUT2D eigenvalue weighted by Crippen LogP contribution is 2.19. The zero-order valence-corrected chi connectivity index (χ0v) is 15.8. The lowest BCUT2D eigenvalue weighted by atomic mass is 10.1. The minimum Gasteiger partial charge on any atom is -0.481 e. The standard InChI is InChI=1S/C20H21N3O3S/c1-27-13-18-22-16-7-2-3-8-17(16)23(18)12-19(24)21-15-6-4-5-14(11-15)9-10-20(25)26/h2-8,11H,9-10,12-13H2,1H3,(H,21,24)(H,25,26). The van der Waals surface area contributed by atoms with Gasteiger partial charge in [-0.05, 0) is 42.5 Å². The van der Waals surface area contributed by atoms with E-state index in [1.807, 2.05) is 53.3 Å². The molecule has 0 aliphatic rings. The van der Waals surface area contributed by atoms with E-state index in [4.69, 9.17) is 5.11 Å². The predicted octanol–water partition coefficient (Wildman–Crippen LogP) is 3.56. The van der Waals surface area contributed by atoms with Gasteiger partial charge in [0.05, 0.1) is 16.8 Å². The number of amides is 1. The van der Waals surface area contributed by atoms with Gasteiger partial charge in [-0.1, -0.05) is 24.3 Å². The third-order valence-electron chi connectivity index (χ3n) is 4.15. The second kappa shape index (κ2) is 8.73. The van der Waals surface area contributed by atoms with Crippen LogP contribution in [0, 0.1) is 0 Å². The van der Waals surface area contributed by atoms with Crippen molar-refractivity contribution in [3.63, 3.8) is 0 Å². The predicted molar refractivity (Wildman–Crippen MR) is 108 cm³/mol. The van der Waals surface area contributed by atoms with Crippen LogP contribution in [0.4, 0.5) is 5.69 Å². The molecule has 3 rings (SSSR count). The molecule has 0 fully saturated rings. The number of para-hydroxylation sites is 2. The van der Waals surface area contributed by atoms with E-state index in [9.17, 15) is 9.59 Å². The summed E-state index contributed by atoms with van der Waals surface area (Å²) in [7, 11) is 0. The second-order valence-corrected chi connectivity index (χ2v) is 7.04. The number of carbonyl (C=O) groups excluding carboxylic acids is 1. The number of thioether (sulfide) groups is 1. The molecule has 0 atom stereocenters. The van der Waals surface area contributed by atoms with Crippen molar-refractivity contribution < 1.29 is 14.7 Å². The number of imidazole rings is 1.